The Bertz CT molecular complexity index is 408. The first-order chi connectivity index (χ1) is 7.58. The number of carboxylic acids is 1. The molecule has 1 unspecified atom stereocenters. The van der Waals surface area contributed by atoms with E-state index in [0.29, 0.717) is 10.7 Å². The van der Waals surface area contributed by atoms with Crippen LogP contribution >= 0.6 is 11.6 Å². The molecule has 5 nitrogen and oxygen atoms in total. The number of rotatable bonds is 5. The third-order valence-electron chi connectivity index (χ3n) is 1.83. The maximum absolute atomic E-state index is 10.6. The highest BCUT2D eigenvalue weighted by molar-refractivity contribution is 6.30. The van der Waals surface area contributed by atoms with E-state index in [2.05, 4.69) is 5.32 Å². The summed E-state index contributed by atoms with van der Waals surface area (Å²) in [5.74, 6) is -1.08. The molecule has 1 aromatic carbocycles. The van der Waals surface area contributed by atoms with E-state index >= 15 is 0 Å². The van der Waals surface area contributed by atoms with Gasteiger partial charge in [0.25, 0.3) is 0 Å². The number of ether oxygens (including phenoxy) is 1. The average molecular weight is 244 g/mol. The number of carboxylic acid groups (broad SMARTS) is 1. The number of nitrogens with one attached hydrogen (secondary N) is 1. The van der Waals surface area contributed by atoms with Crippen LogP contribution in [0.3, 0.4) is 0 Å². The Morgan fingerprint density at radius 3 is 2.81 bits per heavy atom. The molecule has 0 amide bonds. The summed E-state index contributed by atoms with van der Waals surface area (Å²) in [6.07, 6.45) is -1.30. The summed E-state index contributed by atoms with van der Waals surface area (Å²) in [5, 5.41) is 11.9. The summed E-state index contributed by atoms with van der Waals surface area (Å²) in [7, 11) is 1.63. The van der Waals surface area contributed by atoms with Crippen molar-refractivity contribution >= 4 is 29.5 Å². The molecule has 1 rings (SSSR count). The lowest BCUT2D eigenvalue weighted by atomic mass is 10.3. The van der Waals surface area contributed by atoms with Crippen molar-refractivity contribution < 1.29 is 19.4 Å². The van der Waals surface area contributed by atoms with Gasteiger partial charge in [0, 0.05) is 12.1 Å². The predicted octanol–water partition coefficient (Wildman–Crippen LogP) is 1.41. The zero-order valence-corrected chi connectivity index (χ0v) is 9.19. The van der Waals surface area contributed by atoms with Crippen molar-refractivity contribution in [1.82, 2.24) is 0 Å². The molecule has 0 saturated heterocycles. The summed E-state index contributed by atoms with van der Waals surface area (Å²) < 4.78 is 5.01. The van der Waals surface area contributed by atoms with E-state index in [4.69, 9.17) is 21.4 Å². The van der Waals surface area contributed by atoms with Gasteiger partial charge in [-0.3, -0.25) is 4.79 Å². The molecule has 2 N–H and O–H groups in total. The highest BCUT2D eigenvalue weighted by Gasteiger charge is 2.19. The number of carbonyl (C=O) groups is 2. The fourth-order valence-electron chi connectivity index (χ4n) is 1.07. The number of carbonyl (C=O) groups excluding carboxylic acids is 1. The van der Waals surface area contributed by atoms with Gasteiger partial charge in [-0.05, 0) is 18.2 Å². The lowest BCUT2D eigenvalue weighted by Crippen LogP contribution is -2.28. The van der Waals surface area contributed by atoms with Crippen molar-refractivity contribution in [3.8, 4) is 5.75 Å². The molecule has 1 atom stereocenters. The normalized spacial score (nSPS) is 11.6. The fraction of sp³-hybridized carbons (Fsp3) is 0.200. The molecule has 16 heavy (non-hydrogen) atoms. The minimum atomic E-state index is -1.52. The summed E-state index contributed by atoms with van der Waals surface area (Å²) in [5.41, 5.74) is 0.514. The van der Waals surface area contributed by atoms with Crippen LogP contribution in [0.5, 0.6) is 5.75 Å². The van der Waals surface area contributed by atoms with Gasteiger partial charge in [0.05, 0.1) is 5.69 Å². The van der Waals surface area contributed by atoms with Gasteiger partial charge in [-0.15, -0.1) is 0 Å². The van der Waals surface area contributed by atoms with Crippen LogP contribution in [-0.4, -0.2) is 30.5 Å². The highest BCUT2D eigenvalue weighted by atomic mass is 35.5. The Kier molecular flexibility index (Phi) is 4.13. The van der Waals surface area contributed by atoms with E-state index in [1.165, 1.54) is 6.07 Å². The number of benzene rings is 1. The largest absolute Gasteiger partial charge is 0.478 e. The molecule has 6 heteroatoms. The maximum atomic E-state index is 10.6. The molecule has 0 bridgehead atoms. The van der Waals surface area contributed by atoms with Crippen molar-refractivity contribution in [3.63, 3.8) is 0 Å². The second kappa shape index (κ2) is 5.37. The monoisotopic (exact) mass is 243 g/mol. The van der Waals surface area contributed by atoms with Gasteiger partial charge in [-0.2, -0.15) is 0 Å². The number of aliphatic carboxylic acids is 1. The predicted molar refractivity (Wildman–Crippen MR) is 59.1 cm³/mol. The SMILES string of the molecule is CNc1cc(Cl)ccc1OC(C=O)C(=O)O. The van der Waals surface area contributed by atoms with E-state index in [9.17, 15) is 9.59 Å². The fourth-order valence-corrected chi connectivity index (χ4v) is 1.25. The number of aldehydes is 1. The van der Waals surface area contributed by atoms with Crippen molar-refractivity contribution in [3.05, 3.63) is 23.2 Å². The zero-order valence-electron chi connectivity index (χ0n) is 8.44. The lowest BCUT2D eigenvalue weighted by molar-refractivity contribution is -0.147. The number of anilines is 1. The smallest absolute Gasteiger partial charge is 0.352 e. The molecular formula is C10H10ClNO4. The van der Waals surface area contributed by atoms with Gasteiger partial charge in [0.15, 0.2) is 6.29 Å². The number of hydrogen-bond donors (Lipinski definition) is 2. The zero-order chi connectivity index (χ0) is 12.1. The highest BCUT2D eigenvalue weighted by Crippen LogP contribution is 2.28. The Balaban J connectivity index is 2.95. The number of hydrogen-bond acceptors (Lipinski definition) is 4. The van der Waals surface area contributed by atoms with E-state index in [0.717, 1.165) is 0 Å². The summed E-state index contributed by atoms with van der Waals surface area (Å²) in [6.45, 7) is 0. The maximum Gasteiger partial charge on any atom is 0.352 e. The molecule has 0 aliphatic carbocycles. The first-order valence-electron chi connectivity index (χ1n) is 4.40. The Morgan fingerprint density at radius 1 is 1.62 bits per heavy atom. The van der Waals surface area contributed by atoms with Gasteiger partial charge < -0.3 is 15.2 Å². The molecule has 0 aliphatic heterocycles. The minimum Gasteiger partial charge on any atom is -0.478 e. The first kappa shape index (κ1) is 12.3. The van der Waals surface area contributed by atoms with Gasteiger partial charge in [0.2, 0.25) is 6.10 Å². The van der Waals surface area contributed by atoms with E-state index in [1.54, 1.807) is 19.2 Å². The summed E-state index contributed by atoms with van der Waals surface area (Å²) >= 11 is 5.75. The standard InChI is InChI=1S/C10H10ClNO4/c1-12-7-4-6(11)2-3-8(7)16-9(5-13)10(14)15/h2-5,9,12H,1H3,(H,14,15). The second-order valence-electron chi connectivity index (χ2n) is 2.90. The molecule has 1 aromatic rings. The minimum absolute atomic E-state index is 0.219. The van der Waals surface area contributed by atoms with Crippen molar-refractivity contribution in [2.45, 2.75) is 6.10 Å². The van der Waals surface area contributed by atoms with E-state index in [-0.39, 0.29) is 12.0 Å². The van der Waals surface area contributed by atoms with Crippen molar-refractivity contribution in [2.75, 3.05) is 12.4 Å². The Hall–Kier alpha value is -1.75. The molecular weight excluding hydrogens is 234 g/mol. The molecule has 0 aliphatic rings. The molecule has 0 fully saturated rings. The quantitative estimate of drug-likeness (QED) is 0.604. The summed E-state index contributed by atoms with van der Waals surface area (Å²) in [4.78, 5) is 21.1. The topological polar surface area (TPSA) is 75.6 Å². The van der Waals surface area contributed by atoms with E-state index in [1.807, 2.05) is 0 Å². The van der Waals surface area contributed by atoms with Crippen molar-refractivity contribution in [2.24, 2.45) is 0 Å². The molecule has 0 saturated carbocycles. The molecule has 0 radical (unpaired) electrons. The summed E-state index contributed by atoms with van der Waals surface area (Å²) in [6, 6.07) is 4.61. The van der Waals surface area contributed by atoms with Gasteiger partial charge in [0.1, 0.15) is 5.75 Å². The van der Waals surface area contributed by atoms with Gasteiger partial charge in [-0.1, -0.05) is 11.6 Å². The average Bonchev–Trinajstić information content (AvgIpc) is 2.26. The van der Waals surface area contributed by atoms with Crippen molar-refractivity contribution in [1.29, 1.82) is 0 Å². The lowest BCUT2D eigenvalue weighted by Gasteiger charge is -2.13. The third-order valence-corrected chi connectivity index (χ3v) is 2.07. The molecule has 86 valence electrons. The molecule has 0 aromatic heterocycles. The van der Waals surface area contributed by atoms with Crippen LogP contribution in [0, 0.1) is 0 Å². The van der Waals surface area contributed by atoms with Crippen LogP contribution in [0.1, 0.15) is 0 Å². The Labute approximate surface area is 97.0 Å². The Morgan fingerprint density at radius 2 is 2.31 bits per heavy atom. The van der Waals surface area contributed by atoms with E-state index < -0.39 is 12.1 Å². The first-order valence-corrected chi connectivity index (χ1v) is 4.78. The van der Waals surface area contributed by atoms with Crippen LogP contribution in [0.4, 0.5) is 5.69 Å². The van der Waals surface area contributed by atoms with Crippen LogP contribution in [0.2, 0.25) is 5.02 Å². The molecule has 0 spiro atoms. The van der Waals surface area contributed by atoms with Crippen LogP contribution in [-0.2, 0) is 9.59 Å². The third kappa shape index (κ3) is 2.87. The second-order valence-corrected chi connectivity index (χ2v) is 3.34. The number of halogens is 1. The van der Waals surface area contributed by atoms with Crippen LogP contribution < -0.4 is 10.1 Å². The van der Waals surface area contributed by atoms with Gasteiger partial charge >= 0.3 is 5.97 Å². The van der Waals surface area contributed by atoms with Crippen LogP contribution in [0.25, 0.3) is 0 Å². The molecule has 0 heterocycles. The van der Waals surface area contributed by atoms with Crippen LogP contribution in [0.15, 0.2) is 18.2 Å². The van der Waals surface area contributed by atoms with Gasteiger partial charge in [-0.25, -0.2) is 4.79 Å².